The van der Waals surface area contributed by atoms with Gasteiger partial charge in [0.2, 0.25) is 22.2 Å². The van der Waals surface area contributed by atoms with E-state index in [-0.39, 0.29) is 0 Å². The van der Waals surface area contributed by atoms with Crippen molar-refractivity contribution in [2.45, 2.75) is 0 Å². The van der Waals surface area contributed by atoms with Crippen LogP contribution in [0.15, 0.2) is 84.9 Å². The molecule has 0 heterocycles. The number of hydrogen-bond donors (Lipinski definition) is 0. The van der Waals surface area contributed by atoms with Gasteiger partial charge >= 0.3 is 0 Å². The number of benzene rings is 4. The largest absolute Gasteiger partial charge is 0.401 e. The van der Waals surface area contributed by atoms with Gasteiger partial charge < -0.3 is 8.37 Å². The number of rotatable bonds is 4. The Balaban J connectivity index is 0.000000161. The van der Waals surface area contributed by atoms with Crippen molar-refractivity contribution in [1.29, 1.82) is 0 Å². The molecule has 4 aromatic carbocycles. The molecule has 0 amide bonds. The highest BCUT2D eigenvalue weighted by Crippen LogP contribution is 2.25. The predicted octanol–water partition coefficient (Wildman–Crippen LogP) is 5.02. The van der Waals surface area contributed by atoms with Gasteiger partial charge in [-0.15, -0.1) is 0 Å². The van der Waals surface area contributed by atoms with Crippen molar-refractivity contribution < 1.29 is 16.8 Å². The third-order valence-corrected chi connectivity index (χ3v) is 4.73. The highest BCUT2D eigenvalue weighted by atomic mass is 32.2. The molecule has 28 heavy (non-hydrogen) atoms. The molecule has 0 aliphatic carbocycles. The zero-order valence-corrected chi connectivity index (χ0v) is 17.2. The van der Waals surface area contributed by atoms with Crippen LogP contribution in [0.2, 0.25) is 0 Å². The summed E-state index contributed by atoms with van der Waals surface area (Å²) in [6, 6.07) is 27.2. The molecule has 2 atom stereocenters. The SMILES string of the molecule is CS(=O)Oc1ccc2ccccc2c1.CS(=O)Oc1cccc2ccccc12. The summed E-state index contributed by atoms with van der Waals surface area (Å²) in [5.41, 5.74) is 0. The Morgan fingerprint density at radius 3 is 1.93 bits per heavy atom. The molecular formula is C22H20O4S2. The zero-order chi connectivity index (χ0) is 19.9. The Kier molecular flexibility index (Phi) is 6.79. The van der Waals surface area contributed by atoms with E-state index < -0.39 is 22.2 Å². The van der Waals surface area contributed by atoms with Crippen LogP contribution in [0, 0.1) is 0 Å². The molecule has 4 aromatic rings. The molecule has 0 radical (unpaired) electrons. The van der Waals surface area contributed by atoms with Crippen molar-refractivity contribution in [2.24, 2.45) is 0 Å². The molecule has 144 valence electrons. The molecule has 2 unspecified atom stereocenters. The minimum absolute atomic E-state index is 0.643. The fourth-order valence-electron chi connectivity index (χ4n) is 2.75. The molecule has 0 N–H and O–H groups in total. The minimum Gasteiger partial charge on any atom is -0.401 e. The predicted molar refractivity (Wildman–Crippen MR) is 117 cm³/mol. The summed E-state index contributed by atoms with van der Waals surface area (Å²) in [5.74, 6) is 1.31. The molecule has 0 spiro atoms. The van der Waals surface area contributed by atoms with Crippen LogP contribution in [-0.4, -0.2) is 20.9 Å². The van der Waals surface area contributed by atoms with Gasteiger partial charge in [0.1, 0.15) is 11.5 Å². The Labute approximate surface area is 169 Å². The molecule has 6 heteroatoms. The molecule has 0 aliphatic heterocycles. The van der Waals surface area contributed by atoms with Gasteiger partial charge in [0.05, 0.1) is 0 Å². The lowest BCUT2D eigenvalue weighted by Crippen LogP contribution is -1.96. The lowest BCUT2D eigenvalue weighted by Gasteiger charge is -2.04. The standard InChI is InChI=1S/2C11H10O2S/c1-14(12)13-11-8-4-6-9-5-2-3-7-10(9)11;1-14(12)13-11-7-6-9-4-2-3-5-10(9)8-11/h2*2-8H,1H3. The Morgan fingerprint density at radius 1 is 0.607 bits per heavy atom. The van der Waals surface area contributed by atoms with Gasteiger partial charge in [-0.1, -0.05) is 66.7 Å². The van der Waals surface area contributed by atoms with Crippen molar-refractivity contribution in [1.82, 2.24) is 0 Å². The van der Waals surface area contributed by atoms with E-state index in [2.05, 4.69) is 0 Å². The highest BCUT2D eigenvalue weighted by Gasteiger charge is 2.02. The monoisotopic (exact) mass is 412 g/mol. The topological polar surface area (TPSA) is 52.6 Å². The van der Waals surface area contributed by atoms with Crippen LogP contribution in [0.4, 0.5) is 0 Å². The zero-order valence-electron chi connectivity index (χ0n) is 15.5. The summed E-state index contributed by atoms with van der Waals surface area (Å²) in [7, 11) is 0. The van der Waals surface area contributed by atoms with Gasteiger partial charge in [-0.3, -0.25) is 0 Å². The maximum atomic E-state index is 10.9. The van der Waals surface area contributed by atoms with E-state index in [4.69, 9.17) is 8.37 Å². The van der Waals surface area contributed by atoms with Crippen molar-refractivity contribution in [3.05, 3.63) is 84.9 Å². The molecular weight excluding hydrogens is 392 g/mol. The molecule has 0 saturated heterocycles. The molecule has 4 rings (SSSR count). The summed E-state index contributed by atoms with van der Waals surface area (Å²) in [6.07, 6.45) is 3.02. The van der Waals surface area contributed by atoms with Crippen LogP contribution >= 0.6 is 0 Å². The quantitative estimate of drug-likeness (QED) is 0.472. The minimum atomic E-state index is -1.27. The van der Waals surface area contributed by atoms with Crippen molar-refractivity contribution in [2.75, 3.05) is 12.5 Å². The van der Waals surface area contributed by atoms with E-state index in [0.717, 1.165) is 21.5 Å². The fourth-order valence-corrected chi connectivity index (χ4v) is 3.52. The van der Waals surface area contributed by atoms with Crippen molar-refractivity contribution >= 4 is 43.7 Å². The van der Waals surface area contributed by atoms with E-state index in [1.807, 2.05) is 84.9 Å². The molecule has 0 aliphatic rings. The maximum Gasteiger partial charge on any atom is 0.203 e. The van der Waals surface area contributed by atoms with E-state index in [1.54, 1.807) is 0 Å². The highest BCUT2D eigenvalue weighted by molar-refractivity contribution is 7.80. The van der Waals surface area contributed by atoms with E-state index in [1.165, 1.54) is 12.5 Å². The van der Waals surface area contributed by atoms with E-state index >= 15 is 0 Å². The van der Waals surface area contributed by atoms with Crippen LogP contribution < -0.4 is 8.37 Å². The second-order valence-electron chi connectivity index (χ2n) is 5.96. The van der Waals surface area contributed by atoms with Gasteiger partial charge in [-0.25, -0.2) is 8.42 Å². The van der Waals surface area contributed by atoms with Gasteiger partial charge in [-0.05, 0) is 34.4 Å². The molecule has 0 fully saturated rings. The number of fused-ring (bicyclic) bond motifs is 2. The summed E-state index contributed by atoms with van der Waals surface area (Å²) in [6.45, 7) is 0. The lowest BCUT2D eigenvalue weighted by atomic mass is 10.1. The summed E-state index contributed by atoms with van der Waals surface area (Å²) < 4.78 is 32.1. The lowest BCUT2D eigenvalue weighted by molar-refractivity contribution is 0.568. The van der Waals surface area contributed by atoms with Crippen molar-refractivity contribution in [3.8, 4) is 11.5 Å². The fraction of sp³-hybridized carbons (Fsp3) is 0.0909. The van der Waals surface area contributed by atoms with Gasteiger partial charge in [0.25, 0.3) is 0 Å². The van der Waals surface area contributed by atoms with Crippen LogP contribution in [-0.2, 0) is 22.2 Å². The summed E-state index contributed by atoms with van der Waals surface area (Å²) in [4.78, 5) is 0. The first kappa shape index (κ1) is 20.0. The third-order valence-electron chi connectivity index (χ3n) is 3.89. The molecule has 0 bridgehead atoms. The van der Waals surface area contributed by atoms with Gasteiger partial charge in [0, 0.05) is 17.9 Å². The Bertz CT molecular complexity index is 1130. The maximum absolute atomic E-state index is 10.9. The Hall–Kier alpha value is -2.70. The molecule has 4 nitrogen and oxygen atoms in total. The van der Waals surface area contributed by atoms with Crippen LogP contribution in [0.3, 0.4) is 0 Å². The number of hydrogen-bond acceptors (Lipinski definition) is 4. The second-order valence-corrected chi connectivity index (χ2v) is 7.89. The Morgan fingerprint density at radius 2 is 1.21 bits per heavy atom. The summed E-state index contributed by atoms with van der Waals surface area (Å²) >= 11 is -2.53. The average Bonchev–Trinajstić information content (AvgIpc) is 2.68. The molecule has 0 saturated carbocycles. The average molecular weight is 413 g/mol. The van der Waals surface area contributed by atoms with Crippen LogP contribution in [0.1, 0.15) is 0 Å². The second kappa shape index (κ2) is 9.48. The van der Waals surface area contributed by atoms with Crippen LogP contribution in [0.5, 0.6) is 11.5 Å². The first-order valence-electron chi connectivity index (χ1n) is 8.53. The van der Waals surface area contributed by atoms with E-state index in [9.17, 15) is 8.42 Å². The van der Waals surface area contributed by atoms with Crippen LogP contribution in [0.25, 0.3) is 21.5 Å². The first-order chi connectivity index (χ1) is 13.5. The molecule has 0 aromatic heterocycles. The summed E-state index contributed by atoms with van der Waals surface area (Å²) in [5, 5.41) is 4.33. The van der Waals surface area contributed by atoms with Gasteiger partial charge in [-0.2, -0.15) is 0 Å². The normalized spacial score (nSPS) is 12.6. The first-order valence-corrected chi connectivity index (χ1v) is 11.5. The smallest absolute Gasteiger partial charge is 0.203 e. The van der Waals surface area contributed by atoms with Gasteiger partial charge in [0.15, 0.2) is 0 Å². The third kappa shape index (κ3) is 5.41. The van der Waals surface area contributed by atoms with Crippen molar-refractivity contribution in [3.63, 3.8) is 0 Å². The van der Waals surface area contributed by atoms with E-state index in [0.29, 0.717) is 11.5 Å².